The van der Waals surface area contributed by atoms with E-state index in [0.29, 0.717) is 23.4 Å². The Hall–Kier alpha value is -2.54. The lowest BCUT2D eigenvalue weighted by atomic mass is 10.1. The average molecular weight is 254 g/mol. The van der Waals surface area contributed by atoms with Gasteiger partial charge in [0.2, 0.25) is 5.78 Å². The van der Waals surface area contributed by atoms with Crippen LogP contribution in [0, 0.1) is 11.3 Å². The van der Waals surface area contributed by atoms with Gasteiger partial charge in [-0.15, -0.1) is 0 Å². The van der Waals surface area contributed by atoms with Crippen LogP contribution in [0.25, 0.3) is 0 Å². The molecule has 0 saturated carbocycles. The molecule has 0 bridgehead atoms. The number of aromatic nitrogens is 1. The van der Waals surface area contributed by atoms with E-state index in [1.807, 2.05) is 0 Å². The van der Waals surface area contributed by atoms with Crippen molar-refractivity contribution in [2.24, 2.45) is 7.05 Å². The van der Waals surface area contributed by atoms with Crippen molar-refractivity contribution in [3.63, 3.8) is 0 Å². The maximum absolute atomic E-state index is 12.3. The van der Waals surface area contributed by atoms with Crippen molar-refractivity contribution in [3.8, 4) is 11.8 Å². The Morgan fingerprint density at radius 2 is 1.95 bits per heavy atom. The van der Waals surface area contributed by atoms with Crippen molar-refractivity contribution < 1.29 is 9.53 Å². The number of benzene rings is 1. The fourth-order valence-electron chi connectivity index (χ4n) is 1.93. The third kappa shape index (κ3) is 2.50. The highest BCUT2D eigenvalue weighted by molar-refractivity contribution is 6.08. The monoisotopic (exact) mass is 254 g/mol. The molecule has 19 heavy (non-hydrogen) atoms. The van der Waals surface area contributed by atoms with Gasteiger partial charge in [-0.05, 0) is 36.4 Å². The van der Waals surface area contributed by atoms with Gasteiger partial charge in [-0.25, -0.2) is 0 Å². The second-order valence-corrected chi connectivity index (χ2v) is 4.16. The zero-order chi connectivity index (χ0) is 13.8. The molecule has 0 atom stereocenters. The van der Waals surface area contributed by atoms with Crippen LogP contribution in [-0.2, 0) is 13.5 Å². The van der Waals surface area contributed by atoms with Gasteiger partial charge in [0, 0.05) is 18.3 Å². The van der Waals surface area contributed by atoms with Gasteiger partial charge < -0.3 is 9.30 Å². The van der Waals surface area contributed by atoms with E-state index in [4.69, 9.17) is 10.00 Å². The Bertz CT molecular complexity index is 633. The summed E-state index contributed by atoms with van der Waals surface area (Å²) in [5.41, 5.74) is 2.01. The van der Waals surface area contributed by atoms with Crippen LogP contribution in [0.5, 0.6) is 5.75 Å². The summed E-state index contributed by atoms with van der Waals surface area (Å²) in [6, 6.07) is 12.6. The highest BCUT2D eigenvalue weighted by Crippen LogP contribution is 2.16. The Morgan fingerprint density at radius 3 is 2.53 bits per heavy atom. The Kier molecular flexibility index (Phi) is 3.67. The van der Waals surface area contributed by atoms with Gasteiger partial charge in [0.1, 0.15) is 5.75 Å². The van der Waals surface area contributed by atoms with Gasteiger partial charge in [-0.3, -0.25) is 4.79 Å². The van der Waals surface area contributed by atoms with Crippen LogP contribution in [0.15, 0.2) is 36.4 Å². The summed E-state index contributed by atoms with van der Waals surface area (Å²) >= 11 is 0. The summed E-state index contributed by atoms with van der Waals surface area (Å²) in [6.07, 6.45) is 0.298. The van der Waals surface area contributed by atoms with Gasteiger partial charge in [-0.1, -0.05) is 0 Å². The lowest BCUT2D eigenvalue weighted by Gasteiger charge is -2.06. The first kappa shape index (κ1) is 12.9. The SMILES string of the molecule is COc1ccc(C(=O)c2ccc(CC#N)n2C)cc1. The van der Waals surface area contributed by atoms with Gasteiger partial charge in [0.15, 0.2) is 0 Å². The molecular formula is C15H14N2O2. The maximum Gasteiger partial charge on any atom is 0.209 e. The van der Waals surface area contributed by atoms with Crippen molar-refractivity contribution in [2.45, 2.75) is 6.42 Å². The number of nitrogens with zero attached hydrogens (tertiary/aromatic N) is 2. The first-order chi connectivity index (χ1) is 9.17. The van der Waals surface area contributed by atoms with E-state index in [9.17, 15) is 4.79 Å². The van der Waals surface area contributed by atoms with Crippen molar-refractivity contribution in [1.82, 2.24) is 4.57 Å². The van der Waals surface area contributed by atoms with Crippen molar-refractivity contribution in [2.75, 3.05) is 7.11 Å². The Labute approximate surface area is 111 Å². The van der Waals surface area contributed by atoms with Gasteiger partial charge in [-0.2, -0.15) is 5.26 Å². The van der Waals surface area contributed by atoms with E-state index in [1.165, 1.54) is 0 Å². The van der Waals surface area contributed by atoms with Crippen LogP contribution < -0.4 is 4.74 Å². The number of nitriles is 1. The molecule has 2 aromatic rings. The zero-order valence-electron chi connectivity index (χ0n) is 10.9. The third-order valence-electron chi connectivity index (χ3n) is 3.07. The minimum absolute atomic E-state index is 0.0608. The first-order valence-electron chi connectivity index (χ1n) is 5.87. The molecule has 0 saturated heterocycles. The quantitative estimate of drug-likeness (QED) is 0.787. The molecule has 0 radical (unpaired) electrons. The van der Waals surface area contributed by atoms with E-state index < -0.39 is 0 Å². The molecule has 1 heterocycles. The summed E-state index contributed by atoms with van der Waals surface area (Å²) in [4.78, 5) is 12.3. The molecule has 0 unspecified atom stereocenters. The van der Waals surface area contributed by atoms with Crippen molar-refractivity contribution >= 4 is 5.78 Å². The first-order valence-corrected chi connectivity index (χ1v) is 5.87. The number of ether oxygens (including phenoxy) is 1. The molecule has 0 aliphatic carbocycles. The number of hydrogen-bond acceptors (Lipinski definition) is 3. The van der Waals surface area contributed by atoms with Crippen molar-refractivity contribution in [1.29, 1.82) is 5.26 Å². The number of methoxy groups -OCH3 is 1. The van der Waals surface area contributed by atoms with E-state index >= 15 is 0 Å². The number of hydrogen-bond donors (Lipinski definition) is 0. The fraction of sp³-hybridized carbons (Fsp3) is 0.200. The van der Waals surface area contributed by atoms with E-state index in [-0.39, 0.29) is 5.78 Å². The summed E-state index contributed by atoms with van der Waals surface area (Å²) in [5.74, 6) is 0.656. The largest absolute Gasteiger partial charge is 0.497 e. The molecule has 2 rings (SSSR count). The molecule has 0 fully saturated rings. The number of rotatable bonds is 4. The predicted molar refractivity (Wildman–Crippen MR) is 71.2 cm³/mol. The van der Waals surface area contributed by atoms with Crippen molar-refractivity contribution in [3.05, 3.63) is 53.3 Å². The van der Waals surface area contributed by atoms with E-state index in [1.54, 1.807) is 55.1 Å². The normalized spacial score (nSPS) is 9.95. The van der Waals surface area contributed by atoms with Gasteiger partial charge in [0.05, 0.1) is 25.3 Å². The minimum atomic E-state index is -0.0608. The zero-order valence-corrected chi connectivity index (χ0v) is 10.9. The van der Waals surface area contributed by atoms with E-state index in [2.05, 4.69) is 6.07 Å². The molecule has 0 spiro atoms. The fourth-order valence-corrected chi connectivity index (χ4v) is 1.93. The molecule has 0 aliphatic rings. The molecule has 0 aliphatic heterocycles. The lowest BCUT2D eigenvalue weighted by molar-refractivity contribution is 0.103. The Morgan fingerprint density at radius 1 is 1.26 bits per heavy atom. The predicted octanol–water partition coefficient (Wildman–Crippen LogP) is 2.33. The molecule has 4 nitrogen and oxygen atoms in total. The summed E-state index contributed by atoms with van der Waals surface area (Å²) in [6.45, 7) is 0. The molecule has 4 heteroatoms. The van der Waals surface area contributed by atoms with Crippen LogP contribution in [0.3, 0.4) is 0 Å². The summed E-state index contributed by atoms with van der Waals surface area (Å²) in [7, 11) is 3.38. The Balaban J connectivity index is 2.31. The van der Waals surface area contributed by atoms with Crippen LogP contribution in [0.2, 0.25) is 0 Å². The molecule has 0 amide bonds. The van der Waals surface area contributed by atoms with E-state index in [0.717, 1.165) is 5.69 Å². The molecule has 0 N–H and O–H groups in total. The van der Waals surface area contributed by atoms with Gasteiger partial charge in [0.25, 0.3) is 0 Å². The number of carbonyl (C=O) groups excluding carboxylic acids is 1. The highest BCUT2D eigenvalue weighted by atomic mass is 16.5. The highest BCUT2D eigenvalue weighted by Gasteiger charge is 2.14. The average Bonchev–Trinajstić information content (AvgIpc) is 2.80. The number of ketones is 1. The minimum Gasteiger partial charge on any atom is -0.497 e. The standard InChI is InChI=1S/C15H14N2O2/c1-17-12(9-10-16)5-8-14(17)15(18)11-3-6-13(19-2)7-4-11/h3-8H,9H2,1-2H3. The molecule has 1 aromatic carbocycles. The smallest absolute Gasteiger partial charge is 0.209 e. The topological polar surface area (TPSA) is 55.0 Å². The van der Waals surface area contributed by atoms with Crippen LogP contribution in [0.1, 0.15) is 21.7 Å². The lowest BCUT2D eigenvalue weighted by Crippen LogP contribution is -2.09. The third-order valence-corrected chi connectivity index (χ3v) is 3.07. The molecule has 96 valence electrons. The molecular weight excluding hydrogens is 240 g/mol. The van der Waals surface area contributed by atoms with Crippen LogP contribution in [0.4, 0.5) is 0 Å². The van der Waals surface area contributed by atoms with Crippen LogP contribution in [-0.4, -0.2) is 17.5 Å². The molecule has 1 aromatic heterocycles. The summed E-state index contributed by atoms with van der Waals surface area (Å²) < 4.78 is 6.82. The summed E-state index contributed by atoms with van der Waals surface area (Å²) in [5, 5.41) is 8.70. The maximum atomic E-state index is 12.3. The van der Waals surface area contributed by atoms with Crippen LogP contribution >= 0.6 is 0 Å². The second-order valence-electron chi connectivity index (χ2n) is 4.16. The van der Waals surface area contributed by atoms with Gasteiger partial charge >= 0.3 is 0 Å². The second kappa shape index (κ2) is 5.40. The number of carbonyl (C=O) groups is 1.